The van der Waals surface area contributed by atoms with Crippen molar-refractivity contribution in [1.82, 2.24) is 9.55 Å². The Kier molecular flexibility index (Phi) is 5.31. The molecule has 0 saturated carbocycles. The maximum Gasteiger partial charge on any atom is 0.335 e. The Hall–Kier alpha value is -2.68. The first-order valence-electron chi connectivity index (χ1n) is 8.24. The van der Waals surface area contributed by atoms with Crippen molar-refractivity contribution in [1.29, 1.82) is 0 Å². The van der Waals surface area contributed by atoms with Crippen LogP contribution in [0.15, 0.2) is 51.0 Å². The van der Waals surface area contributed by atoms with E-state index in [0.717, 1.165) is 24.8 Å². The predicted molar refractivity (Wildman–Crippen MR) is 115 cm³/mol. The third-order valence-corrected chi connectivity index (χ3v) is 5.08. The van der Waals surface area contributed by atoms with E-state index in [1.165, 1.54) is 6.21 Å². The van der Waals surface area contributed by atoms with E-state index < -0.39 is 17.1 Å². The smallest absolute Gasteiger partial charge is 0.335 e. The molecule has 0 amide bonds. The molecule has 1 aromatic heterocycles. The molecule has 1 heterocycles. The summed E-state index contributed by atoms with van der Waals surface area (Å²) in [7, 11) is 0. The highest BCUT2D eigenvalue weighted by Crippen LogP contribution is 2.25. The van der Waals surface area contributed by atoms with Crippen LogP contribution in [0.2, 0.25) is 0 Å². The molecule has 0 aliphatic heterocycles. The topological polar surface area (TPSA) is 87.4 Å². The third-order valence-electron chi connectivity index (χ3n) is 4.17. The SMILES string of the molecule is Cc1cc(C)c(-n2c(O)c(C=Nc3ccccc3I)c(=O)[nH]c2=O)c(C)c1. The van der Waals surface area contributed by atoms with E-state index in [0.29, 0.717) is 11.4 Å². The Labute approximate surface area is 169 Å². The maximum absolute atomic E-state index is 12.4. The molecule has 0 saturated heterocycles. The number of nitrogens with one attached hydrogen (secondary N) is 1. The van der Waals surface area contributed by atoms with E-state index in [4.69, 9.17) is 0 Å². The number of aryl methyl sites for hydroxylation is 3. The van der Waals surface area contributed by atoms with Gasteiger partial charge in [-0.15, -0.1) is 0 Å². The molecule has 0 spiro atoms. The first-order chi connectivity index (χ1) is 12.8. The lowest BCUT2D eigenvalue weighted by Crippen LogP contribution is -2.32. The Morgan fingerprint density at radius 3 is 2.37 bits per heavy atom. The Morgan fingerprint density at radius 2 is 1.74 bits per heavy atom. The van der Waals surface area contributed by atoms with Crippen LogP contribution >= 0.6 is 22.6 Å². The van der Waals surface area contributed by atoms with Gasteiger partial charge in [0, 0.05) is 9.78 Å². The highest BCUT2D eigenvalue weighted by atomic mass is 127. The summed E-state index contributed by atoms with van der Waals surface area (Å²) in [5, 5.41) is 10.7. The Bertz CT molecular complexity index is 1150. The summed E-state index contributed by atoms with van der Waals surface area (Å²) in [4.78, 5) is 31.2. The summed E-state index contributed by atoms with van der Waals surface area (Å²) in [5.74, 6) is -0.437. The number of hydrogen-bond acceptors (Lipinski definition) is 4. The number of para-hydroxylation sites is 1. The van der Waals surface area contributed by atoms with Gasteiger partial charge >= 0.3 is 5.69 Å². The van der Waals surface area contributed by atoms with E-state index >= 15 is 0 Å². The molecule has 138 valence electrons. The fourth-order valence-electron chi connectivity index (χ4n) is 3.08. The van der Waals surface area contributed by atoms with Crippen LogP contribution in [0, 0.1) is 24.3 Å². The number of aliphatic imine (C=N–C) groups is 1. The van der Waals surface area contributed by atoms with Crippen LogP contribution in [-0.4, -0.2) is 20.9 Å². The number of aromatic nitrogens is 2. The first-order valence-corrected chi connectivity index (χ1v) is 9.32. The van der Waals surface area contributed by atoms with E-state index in [1.54, 1.807) is 6.07 Å². The molecule has 0 fully saturated rings. The number of nitrogens with zero attached hydrogens (tertiary/aromatic N) is 2. The Balaban J connectivity index is 2.23. The zero-order valence-corrected chi connectivity index (χ0v) is 17.2. The summed E-state index contributed by atoms with van der Waals surface area (Å²) in [6.07, 6.45) is 1.28. The maximum atomic E-state index is 12.4. The quantitative estimate of drug-likeness (QED) is 0.449. The zero-order valence-electron chi connectivity index (χ0n) is 15.1. The van der Waals surface area contributed by atoms with Crippen molar-refractivity contribution in [2.45, 2.75) is 20.8 Å². The van der Waals surface area contributed by atoms with Gasteiger partial charge in [0.1, 0.15) is 5.56 Å². The molecule has 0 aliphatic carbocycles. The van der Waals surface area contributed by atoms with Gasteiger partial charge in [0.15, 0.2) is 0 Å². The first kappa shape index (κ1) is 19.1. The minimum absolute atomic E-state index is 0.0753. The number of halogens is 1. The number of rotatable bonds is 3. The average molecular weight is 475 g/mol. The molecule has 2 aromatic carbocycles. The van der Waals surface area contributed by atoms with E-state index in [1.807, 2.05) is 51.1 Å². The lowest BCUT2D eigenvalue weighted by Gasteiger charge is -2.15. The van der Waals surface area contributed by atoms with Crippen LogP contribution in [0.3, 0.4) is 0 Å². The highest BCUT2D eigenvalue weighted by Gasteiger charge is 2.17. The monoisotopic (exact) mass is 475 g/mol. The van der Waals surface area contributed by atoms with Crippen LogP contribution < -0.4 is 11.2 Å². The lowest BCUT2D eigenvalue weighted by atomic mass is 10.0. The normalized spacial score (nSPS) is 11.3. The van der Waals surface area contributed by atoms with E-state index in [9.17, 15) is 14.7 Å². The fourth-order valence-corrected chi connectivity index (χ4v) is 3.60. The minimum Gasteiger partial charge on any atom is -0.493 e. The van der Waals surface area contributed by atoms with Crippen LogP contribution in [0.25, 0.3) is 5.69 Å². The summed E-state index contributed by atoms with van der Waals surface area (Å²) >= 11 is 2.14. The molecule has 7 heteroatoms. The van der Waals surface area contributed by atoms with Gasteiger partial charge in [0.25, 0.3) is 5.56 Å². The fraction of sp³-hybridized carbons (Fsp3) is 0.150. The largest absolute Gasteiger partial charge is 0.493 e. The van der Waals surface area contributed by atoms with Crippen LogP contribution in [0.4, 0.5) is 5.69 Å². The molecule has 3 rings (SSSR count). The van der Waals surface area contributed by atoms with Crippen molar-refractivity contribution in [3.63, 3.8) is 0 Å². The number of H-pyrrole nitrogens is 1. The molecule has 0 aliphatic rings. The van der Waals surface area contributed by atoms with Gasteiger partial charge in [-0.2, -0.15) is 0 Å². The molecule has 0 atom stereocenters. The molecule has 27 heavy (non-hydrogen) atoms. The number of aromatic hydroxyl groups is 1. The molecule has 0 unspecified atom stereocenters. The summed E-state index contributed by atoms with van der Waals surface area (Å²) in [6.45, 7) is 5.66. The lowest BCUT2D eigenvalue weighted by molar-refractivity contribution is 0.429. The number of benzene rings is 2. The van der Waals surface area contributed by atoms with E-state index in [-0.39, 0.29) is 5.56 Å². The second-order valence-electron chi connectivity index (χ2n) is 6.29. The van der Waals surface area contributed by atoms with E-state index in [2.05, 4.69) is 32.6 Å². The van der Waals surface area contributed by atoms with Crippen LogP contribution in [-0.2, 0) is 0 Å². The van der Waals surface area contributed by atoms with Gasteiger partial charge < -0.3 is 5.11 Å². The average Bonchev–Trinajstić information content (AvgIpc) is 2.58. The van der Waals surface area contributed by atoms with Gasteiger partial charge in [0.05, 0.1) is 11.4 Å². The minimum atomic E-state index is -0.695. The number of hydrogen-bond donors (Lipinski definition) is 2. The number of aromatic amines is 1. The third kappa shape index (κ3) is 3.73. The van der Waals surface area contributed by atoms with Gasteiger partial charge in [0.2, 0.25) is 5.88 Å². The summed E-state index contributed by atoms with van der Waals surface area (Å²) in [5.41, 5.74) is 2.43. The van der Waals surface area contributed by atoms with Gasteiger partial charge in [-0.1, -0.05) is 29.8 Å². The van der Waals surface area contributed by atoms with Gasteiger partial charge in [-0.25, -0.2) is 9.36 Å². The molecule has 2 N–H and O–H groups in total. The summed E-state index contributed by atoms with van der Waals surface area (Å²) < 4.78 is 2.02. The molecular weight excluding hydrogens is 457 g/mol. The molecular formula is C20H18IN3O3. The Morgan fingerprint density at radius 1 is 1.11 bits per heavy atom. The molecule has 6 nitrogen and oxygen atoms in total. The van der Waals surface area contributed by atoms with Crippen molar-refractivity contribution < 1.29 is 5.11 Å². The van der Waals surface area contributed by atoms with Crippen molar-refractivity contribution in [2.75, 3.05) is 0 Å². The molecule has 0 radical (unpaired) electrons. The molecule has 0 bridgehead atoms. The summed E-state index contributed by atoms with van der Waals surface area (Å²) in [6, 6.07) is 11.2. The second-order valence-corrected chi connectivity index (χ2v) is 7.45. The van der Waals surface area contributed by atoms with Crippen LogP contribution in [0.1, 0.15) is 22.3 Å². The van der Waals surface area contributed by atoms with Crippen molar-refractivity contribution >= 4 is 34.5 Å². The van der Waals surface area contributed by atoms with Crippen molar-refractivity contribution in [3.05, 3.63) is 83.1 Å². The van der Waals surface area contributed by atoms with Crippen LogP contribution in [0.5, 0.6) is 5.88 Å². The molecule has 3 aromatic rings. The predicted octanol–water partition coefficient (Wildman–Crippen LogP) is 3.51. The second kappa shape index (κ2) is 7.51. The van der Waals surface area contributed by atoms with Gasteiger partial charge in [-0.05, 0) is 66.6 Å². The standard InChI is InChI=1S/C20H18IN3O3/c1-11-8-12(2)17(13(3)9-11)24-19(26)14(18(25)23-20(24)27)10-22-16-7-5-4-6-15(16)21/h4-10,26H,1-3H3,(H,23,25,27). The van der Waals surface area contributed by atoms with Crippen molar-refractivity contribution in [3.8, 4) is 11.6 Å². The zero-order chi connectivity index (χ0) is 19.7. The van der Waals surface area contributed by atoms with Crippen molar-refractivity contribution in [2.24, 2.45) is 4.99 Å². The highest BCUT2D eigenvalue weighted by molar-refractivity contribution is 14.1. The van der Waals surface area contributed by atoms with Gasteiger partial charge in [-0.3, -0.25) is 14.8 Å².